The Hall–Kier alpha value is -0.650. The molecule has 1 rings (SSSR count). The van der Waals surface area contributed by atoms with E-state index in [4.69, 9.17) is 0 Å². The standard InChI is InChI=1S/C6H11NO4S/c1-5(7(8)9)6-2-3-12(10,11)4-6/h5-6H,2-4H2,1H3. The maximum atomic E-state index is 10.9. The van der Waals surface area contributed by atoms with Gasteiger partial charge in [0.15, 0.2) is 9.84 Å². The predicted molar refractivity (Wildman–Crippen MR) is 43.2 cm³/mol. The van der Waals surface area contributed by atoms with Crippen LogP contribution in [0.4, 0.5) is 0 Å². The van der Waals surface area contributed by atoms with E-state index in [1.807, 2.05) is 0 Å². The van der Waals surface area contributed by atoms with Crippen molar-refractivity contribution in [2.45, 2.75) is 19.4 Å². The Morgan fingerprint density at radius 2 is 2.17 bits per heavy atom. The second-order valence-electron chi connectivity index (χ2n) is 3.19. The van der Waals surface area contributed by atoms with Crippen molar-refractivity contribution in [1.29, 1.82) is 0 Å². The Morgan fingerprint density at radius 1 is 1.58 bits per heavy atom. The van der Waals surface area contributed by atoms with Gasteiger partial charge < -0.3 is 0 Å². The van der Waals surface area contributed by atoms with Gasteiger partial charge in [-0.3, -0.25) is 10.1 Å². The zero-order valence-electron chi connectivity index (χ0n) is 6.76. The maximum absolute atomic E-state index is 10.9. The lowest BCUT2D eigenvalue weighted by Crippen LogP contribution is -2.26. The van der Waals surface area contributed by atoms with Crippen LogP contribution in [0.5, 0.6) is 0 Å². The van der Waals surface area contributed by atoms with Crippen molar-refractivity contribution in [1.82, 2.24) is 0 Å². The molecule has 0 bridgehead atoms. The molecular weight excluding hydrogens is 182 g/mol. The second-order valence-corrected chi connectivity index (χ2v) is 5.42. The minimum atomic E-state index is -2.98. The molecule has 12 heavy (non-hydrogen) atoms. The summed E-state index contributed by atoms with van der Waals surface area (Å²) in [6.07, 6.45) is 0.435. The third kappa shape index (κ3) is 1.94. The molecule has 1 aliphatic heterocycles. The van der Waals surface area contributed by atoms with Crippen LogP contribution in [0.3, 0.4) is 0 Å². The van der Waals surface area contributed by atoms with E-state index >= 15 is 0 Å². The van der Waals surface area contributed by atoms with Gasteiger partial charge in [-0.2, -0.15) is 0 Å². The Labute approximate surface area is 70.8 Å². The Morgan fingerprint density at radius 3 is 2.50 bits per heavy atom. The third-order valence-corrected chi connectivity index (χ3v) is 4.08. The molecule has 1 fully saturated rings. The summed E-state index contributed by atoms with van der Waals surface area (Å²) in [5.41, 5.74) is 0. The summed E-state index contributed by atoms with van der Waals surface area (Å²) in [5.74, 6) is -0.199. The Kier molecular flexibility index (Phi) is 2.36. The number of rotatable bonds is 2. The molecule has 0 aromatic carbocycles. The highest BCUT2D eigenvalue weighted by molar-refractivity contribution is 7.91. The molecule has 0 amide bonds. The topological polar surface area (TPSA) is 77.3 Å². The molecule has 1 heterocycles. The van der Waals surface area contributed by atoms with Crippen molar-refractivity contribution in [3.8, 4) is 0 Å². The van der Waals surface area contributed by atoms with Crippen molar-refractivity contribution < 1.29 is 13.3 Å². The van der Waals surface area contributed by atoms with Crippen LogP contribution >= 0.6 is 0 Å². The summed E-state index contributed by atoms with van der Waals surface area (Å²) in [6.45, 7) is 1.46. The predicted octanol–water partition coefficient (Wildman–Crippen LogP) is 0.0863. The van der Waals surface area contributed by atoms with Gasteiger partial charge in [-0.1, -0.05) is 0 Å². The first-order valence-electron chi connectivity index (χ1n) is 3.76. The van der Waals surface area contributed by atoms with Gasteiger partial charge >= 0.3 is 0 Å². The van der Waals surface area contributed by atoms with Gasteiger partial charge in [-0.15, -0.1) is 0 Å². The molecule has 0 aromatic rings. The Balaban J connectivity index is 2.64. The second kappa shape index (κ2) is 3.01. The first-order valence-corrected chi connectivity index (χ1v) is 5.58. The van der Waals surface area contributed by atoms with Gasteiger partial charge in [0.25, 0.3) is 0 Å². The largest absolute Gasteiger partial charge is 0.264 e. The minimum Gasteiger partial charge on any atom is -0.264 e. The average Bonchev–Trinajstić information content (AvgIpc) is 2.28. The molecule has 0 aromatic heterocycles. The number of nitro groups is 1. The molecule has 0 spiro atoms. The zero-order valence-corrected chi connectivity index (χ0v) is 7.58. The van der Waals surface area contributed by atoms with E-state index in [9.17, 15) is 18.5 Å². The van der Waals surface area contributed by atoms with Crippen LogP contribution in [0.1, 0.15) is 13.3 Å². The van der Waals surface area contributed by atoms with Crippen molar-refractivity contribution in [3.05, 3.63) is 10.1 Å². The van der Waals surface area contributed by atoms with Crippen molar-refractivity contribution >= 4 is 9.84 Å². The van der Waals surface area contributed by atoms with Crippen molar-refractivity contribution in [3.63, 3.8) is 0 Å². The molecule has 5 nitrogen and oxygen atoms in total. The van der Waals surface area contributed by atoms with E-state index in [-0.39, 0.29) is 17.4 Å². The lowest BCUT2D eigenvalue weighted by atomic mass is 10.0. The fourth-order valence-electron chi connectivity index (χ4n) is 1.38. The summed E-state index contributed by atoms with van der Waals surface area (Å²) in [6, 6.07) is -0.734. The average molecular weight is 193 g/mol. The summed E-state index contributed by atoms with van der Waals surface area (Å²) in [7, 11) is -2.98. The van der Waals surface area contributed by atoms with Crippen LogP contribution in [-0.2, 0) is 9.84 Å². The number of hydrogen-bond donors (Lipinski definition) is 0. The van der Waals surface area contributed by atoms with Gasteiger partial charge in [0.1, 0.15) is 0 Å². The normalized spacial score (nSPS) is 29.9. The highest BCUT2D eigenvalue weighted by atomic mass is 32.2. The van der Waals surface area contributed by atoms with E-state index in [0.717, 1.165) is 0 Å². The van der Waals surface area contributed by atoms with Crippen molar-refractivity contribution in [2.75, 3.05) is 11.5 Å². The molecular formula is C6H11NO4S. The summed E-state index contributed by atoms with van der Waals surface area (Å²) in [5, 5.41) is 10.3. The van der Waals surface area contributed by atoms with Gasteiger partial charge in [-0.25, -0.2) is 8.42 Å². The van der Waals surface area contributed by atoms with Gasteiger partial charge in [0.2, 0.25) is 6.04 Å². The quantitative estimate of drug-likeness (QED) is 0.460. The molecule has 6 heteroatoms. The molecule has 0 radical (unpaired) electrons. The van der Waals surface area contributed by atoms with E-state index in [1.54, 1.807) is 0 Å². The van der Waals surface area contributed by atoms with Crippen LogP contribution < -0.4 is 0 Å². The highest BCUT2D eigenvalue weighted by Crippen LogP contribution is 2.22. The van der Waals surface area contributed by atoms with Crippen LogP contribution in [0, 0.1) is 16.0 Å². The first kappa shape index (κ1) is 9.44. The summed E-state index contributed by atoms with van der Waals surface area (Å²) >= 11 is 0. The van der Waals surface area contributed by atoms with Gasteiger partial charge in [0, 0.05) is 17.8 Å². The van der Waals surface area contributed by atoms with E-state index < -0.39 is 20.8 Å². The highest BCUT2D eigenvalue weighted by Gasteiger charge is 2.36. The molecule has 0 saturated carbocycles. The molecule has 0 N–H and O–H groups in total. The van der Waals surface area contributed by atoms with Crippen molar-refractivity contribution in [2.24, 2.45) is 5.92 Å². The lowest BCUT2D eigenvalue weighted by molar-refractivity contribution is -0.526. The Bertz CT molecular complexity index is 284. The first-order chi connectivity index (χ1) is 5.42. The number of sulfone groups is 1. The fourth-order valence-corrected chi connectivity index (χ4v) is 3.30. The van der Waals surface area contributed by atoms with E-state index in [0.29, 0.717) is 6.42 Å². The number of hydrogen-bond acceptors (Lipinski definition) is 4. The lowest BCUT2D eigenvalue weighted by Gasteiger charge is -2.08. The van der Waals surface area contributed by atoms with Crippen LogP contribution in [-0.4, -0.2) is 30.9 Å². The minimum absolute atomic E-state index is 0.0187. The van der Waals surface area contributed by atoms with Gasteiger partial charge in [0.05, 0.1) is 11.5 Å². The third-order valence-electron chi connectivity index (χ3n) is 2.28. The molecule has 70 valence electrons. The van der Waals surface area contributed by atoms with Crippen LogP contribution in [0.25, 0.3) is 0 Å². The summed E-state index contributed by atoms with van der Waals surface area (Å²) in [4.78, 5) is 9.90. The van der Waals surface area contributed by atoms with E-state index in [2.05, 4.69) is 0 Å². The molecule has 0 aliphatic carbocycles. The fraction of sp³-hybridized carbons (Fsp3) is 1.00. The zero-order chi connectivity index (χ0) is 9.35. The van der Waals surface area contributed by atoms with Crippen LogP contribution in [0.2, 0.25) is 0 Å². The molecule has 1 saturated heterocycles. The monoisotopic (exact) mass is 193 g/mol. The maximum Gasteiger partial charge on any atom is 0.214 e. The summed E-state index contributed by atoms with van der Waals surface area (Å²) < 4.78 is 21.9. The molecule has 2 atom stereocenters. The molecule has 1 aliphatic rings. The smallest absolute Gasteiger partial charge is 0.214 e. The SMILES string of the molecule is CC(C1CCS(=O)(=O)C1)[N+](=O)[O-]. The molecule has 2 unspecified atom stereocenters. The van der Waals surface area contributed by atoms with Crippen LogP contribution in [0.15, 0.2) is 0 Å². The number of nitrogens with zero attached hydrogens (tertiary/aromatic N) is 1. The van der Waals surface area contributed by atoms with E-state index in [1.165, 1.54) is 6.92 Å². The van der Waals surface area contributed by atoms with Gasteiger partial charge in [-0.05, 0) is 6.42 Å².